The van der Waals surface area contributed by atoms with Crippen molar-refractivity contribution >= 4 is 5.69 Å². The number of aliphatic hydroxyl groups is 1. The normalized spacial score (nSPS) is 21.7. The predicted octanol–water partition coefficient (Wildman–Crippen LogP) is 1.41. The minimum Gasteiger partial charge on any atom is -0.399 e. The van der Waals surface area contributed by atoms with Gasteiger partial charge in [0.05, 0.1) is 19.3 Å². The number of ether oxygens (including phenoxy) is 1. The molecule has 1 unspecified atom stereocenters. The van der Waals surface area contributed by atoms with Crippen molar-refractivity contribution < 1.29 is 9.84 Å². The molecule has 0 amide bonds. The van der Waals surface area contributed by atoms with Gasteiger partial charge in [0.2, 0.25) is 0 Å². The molecule has 1 aromatic rings. The van der Waals surface area contributed by atoms with Crippen LogP contribution in [0, 0.1) is 0 Å². The Labute approximate surface area is 108 Å². The summed E-state index contributed by atoms with van der Waals surface area (Å²) in [7, 11) is 0. The Morgan fingerprint density at radius 1 is 1.39 bits per heavy atom. The number of benzene rings is 1. The van der Waals surface area contributed by atoms with Gasteiger partial charge in [0.1, 0.15) is 0 Å². The van der Waals surface area contributed by atoms with Crippen LogP contribution in [0.5, 0.6) is 0 Å². The molecule has 0 aromatic heterocycles. The average Bonchev–Trinajstić information content (AvgIpc) is 2.32. The van der Waals surface area contributed by atoms with E-state index >= 15 is 0 Å². The molecular weight excluding hydrogens is 228 g/mol. The maximum atomic E-state index is 10.3. The molecule has 0 spiro atoms. The minimum atomic E-state index is -0.483. The average molecular weight is 250 g/mol. The van der Waals surface area contributed by atoms with Crippen molar-refractivity contribution in [3.63, 3.8) is 0 Å². The van der Waals surface area contributed by atoms with E-state index in [2.05, 4.69) is 18.7 Å². The number of anilines is 1. The van der Waals surface area contributed by atoms with Crippen LogP contribution >= 0.6 is 0 Å². The van der Waals surface area contributed by atoms with E-state index in [4.69, 9.17) is 10.5 Å². The van der Waals surface area contributed by atoms with E-state index in [0.717, 1.165) is 24.4 Å². The van der Waals surface area contributed by atoms with Gasteiger partial charge in [0.15, 0.2) is 0 Å². The summed E-state index contributed by atoms with van der Waals surface area (Å²) in [4.78, 5) is 2.28. The van der Waals surface area contributed by atoms with Gasteiger partial charge in [-0.2, -0.15) is 0 Å². The largest absolute Gasteiger partial charge is 0.399 e. The molecule has 100 valence electrons. The Balaban J connectivity index is 2.02. The van der Waals surface area contributed by atoms with Crippen LogP contribution in [0.2, 0.25) is 0 Å². The van der Waals surface area contributed by atoms with E-state index in [1.807, 2.05) is 24.3 Å². The number of aliphatic hydroxyl groups excluding tert-OH is 1. The van der Waals surface area contributed by atoms with Crippen molar-refractivity contribution in [2.45, 2.75) is 25.5 Å². The molecule has 1 saturated heterocycles. The van der Waals surface area contributed by atoms with Crippen LogP contribution in [-0.4, -0.2) is 41.8 Å². The smallest absolute Gasteiger partial charge is 0.0917 e. The van der Waals surface area contributed by atoms with Gasteiger partial charge in [-0.15, -0.1) is 0 Å². The number of hydrogen-bond donors (Lipinski definition) is 2. The van der Waals surface area contributed by atoms with Crippen molar-refractivity contribution in [1.29, 1.82) is 0 Å². The molecule has 1 aliphatic heterocycles. The summed E-state index contributed by atoms with van der Waals surface area (Å²) < 4.78 is 5.48. The summed E-state index contributed by atoms with van der Waals surface area (Å²) in [6.07, 6.45) is -0.483. The van der Waals surface area contributed by atoms with E-state index in [9.17, 15) is 5.11 Å². The van der Waals surface area contributed by atoms with Crippen molar-refractivity contribution in [3.8, 4) is 0 Å². The van der Waals surface area contributed by atoms with Crippen molar-refractivity contribution in [3.05, 3.63) is 29.8 Å². The highest BCUT2D eigenvalue weighted by Crippen LogP contribution is 2.23. The highest BCUT2D eigenvalue weighted by atomic mass is 16.5. The van der Waals surface area contributed by atoms with Gasteiger partial charge in [-0.1, -0.05) is 12.1 Å². The van der Waals surface area contributed by atoms with E-state index in [1.165, 1.54) is 0 Å². The second-order valence-electron chi connectivity index (χ2n) is 5.49. The Bertz CT molecular complexity index is 389. The second-order valence-corrected chi connectivity index (χ2v) is 5.49. The van der Waals surface area contributed by atoms with E-state index < -0.39 is 6.10 Å². The standard InChI is InChI=1S/C14H22N2O2/c1-14(2)10-18-8-7-16(14)9-13(17)11-3-5-12(15)6-4-11/h3-6,13,17H,7-10,15H2,1-2H3. The monoisotopic (exact) mass is 250 g/mol. The summed E-state index contributed by atoms with van der Waals surface area (Å²) in [5, 5.41) is 10.3. The third-order valence-electron chi connectivity index (χ3n) is 3.53. The fourth-order valence-corrected chi connectivity index (χ4v) is 2.26. The van der Waals surface area contributed by atoms with Gasteiger partial charge < -0.3 is 15.6 Å². The number of morpholine rings is 1. The van der Waals surface area contributed by atoms with Crippen molar-refractivity contribution in [2.75, 3.05) is 32.0 Å². The lowest BCUT2D eigenvalue weighted by atomic mass is 10.0. The molecule has 2 rings (SSSR count). The Kier molecular flexibility index (Phi) is 3.90. The highest BCUT2D eigenvalue weighted by Gasteiger charge is 2.31. The van der Waals surface area contributed by atoms with Crippen LogP contribution in [0.15, 0.2) is 24.3 Å². The molecule has 18 heavy (non-hydrogen) atoms. The molecule has 0 radical (unpaired) electrons. The summed E-state index contributed by atoms with van der Waals surface area (Å²) >= 11 is 0. The van der Waals surface area contributed by atoms with Crippen LogP contribution in [0.1, 0.15) is 25.5 Å². The number of nitrogen functional groups attached to an aromatic ring is 1. The van der Waals surface area contributed by atoms with Crippen LogP contribution in [0.3, 0.4) is 0 Å². The topological polar surface area (TPSA) is 58.7 Å². The fourth-order valence-electron chi connectivity index (χ4n) is 2.26. The number of hydrogen-bond acceptors (Lipinski definition) is 4. The first-order chi connectivity index (χ1) is 8.49. The minimum absolute atomic E-state index is 0.0208. The zero-order valence-electron chi connectivity index (χ0n) is 11.1. The van der Waals surface area contributed by atoms with Gasteiger partial charge >= 0.3 is 0 Å². The van der Waals surface area contributed by atoms with E-state index in [-0.39, 0.29) is 5.54 Å². The highest BCUT2D eigenvalue weighted by molar-refractivity contribution is 5.39. The van der Waals surface area contributed by atoms with Crippen molar-refractivity contribution in [2.24, 2.45) is 0 Å². The molecule has 3 N–H and O–H groups in total. The lowest BCUT2D eigenvalue weighted by molar-refractivity contribution is -0.0667. The Morgan fingerprint density at radius 3 is 2.67 bits per heavy atom. The molecule has 1 heterocycles. The molecule has 0 bridgehead atoms. The quantitative estimate of drug-likeness (QED) is 0.796. The summed E-state index contributed by atoms with van der Waals surface area (Å²) in [6, 6.07) is 7.41. The lowest BCUT2D eigenvalue weighted by Gasteiger charge is -2.43. The Morgan fingerprint density at radius 2 is 2.06 bits per heavy atom. The number of β-amino-alcohol motifs (C(OH)–C–C–N with tert-alkyl or cyclic N) is 1. The Hall–Kier alpha value is -1.10. The first-order valence-electron chi connectivity index (χ1n) is 6.35. The number of nitrogens with zero attached hydrogens (tertiary/aromatic N) is 1. The van der Waals surface area contributed by atoms with E-state index in [0.29, 0.717) is 13.2 Å². The number of nitrogens with two attached hydrogens (primary N) is 1. The molecule has 1 fully saturated rings. The van der Waals surface area contributed by atoms with Crippen LogP contribution in [-0.2, 0) is 4.74 Å². The third kappa shape index (κ3) is 3.02. The zero-order valence-corrected chi connectivity index (χ0v) is 11.1. The lowest BCUT2D eigenvalue weighted by Crippen LogP contribution is -2.54. The van der Waals surface area contributed by atoms with Gasteiger partial charge in [-0.3, -0.25) is 4.90 Å². The predicted molar refractivity (Wildman–Crippen MR) is 72.3 cm³/mol. The third-order valence-corrected chi connectivity index (χ3v) is 3.53. The molecular formula is C14H22N2O2. The molecule has 1 aromatic carbocycles. The van der Waals surface area contributed by atoms with Gasteiger partial charge in [-0.05, 0) is 31.5 Å². The maximum Gasteiger partial charge on any atom is 0.0917 e. The molecule has 0 saturated carbocycles. The second kappa shape index (κ2) is 5.26. The fraction of sp³-hybridized carbons (Fsp3) is 0.571. The zero-order chi connectivity index (χ0) is 13.2. The molecule has 4 heteroatoms. The molecule has 0 aliphatic carbocycles. The maximum absolute atomic E-state index is 10.3. The molecule has 1 atom stereocenters. The van der Waals surface area contributed by atoms with Crippen LogP contribution < -0.4 is 5.73 Å². The SMILES string of the molecule is CC1(C)COCCN1CC(O)c1ccc(N)cc1. The van der Waals surface area contributed by atoms with Crippen LogP contribution in [0.25, 0.3) is 0 Å². The van der Waals surface area contributed by atoms with Crippen LogP contribution in [0.4, 0.5) is 5.69 Å². The first-order valence-corrected chi connectivity index (χ1v) is 6.35. The molecule has 4 nitrogen and oxygen atoms in total. The summed E-state index contributed by atoms with van der Waals surface area (Å²) in [5.41, 5.74) is 7.25. The van der Waals surface area contributed by atoms with Gasteiger partial charge in [-0.25, -0.2) is 0 Å². The van der Waals surface area contributed by atoms with E-state index in [1.54, 1.807) is 0 Å². The number of rotatable bonds is 3. The summed E-state index contributed by atoms with van der Waals surface area (Å²) in [6.45, 7) is 7.21. The first kappa shape index (κ1) is 13.3. The molecule has 1 aliphatic rings. The summed E-state index contributed by atoms with van der Waals surface area (Å²) in [5.74, 6) is 0. The van der Waals surface area contributed by atoms with Crippen molar-refractivity contribution in [1.82, 2.24) is 4.90 Å². The van der Waals surface area contributed by atoms with Gasteiger partial charge in [0.25, 0.3) is 0 Å². The van der Waals surface area contributed by atoms with Gasteiger partial charge in [0, 0.05) is 24.3 Å².